The summed E-state index contributed by atoms with van der Waals surface area (Å²) < 4.78 is 11.1. The Morgan fingerprint density at radius 2 is 2.05 bits per heavy atom. The Morgan fingerprint density at radius 1 is 1.37 bits per heavy atom. The summed E-state index contributed by atoms with van der Waals surface area (Å²) >= 11 is 0. The SMILES string of the molecule is C[Si](C)(C)C1OCCN1C(=O)OCc1ccccc1. The van der Waals surface area contributed by atoms with Crippen molar-refractivity contribution in [1.82, 2.24) is 4.90 Å². The van der Waals surface area contributed by atoms with Crippen LogP contribution in [0.4, 0.5) is 4.79 Å². The van der Waals surface area contributed by atoms with E-state index in [0.29, 0.717) is 19.8 Å². The van der Waals surface area contributed by atoms with Gasteiger partial charge in [0.05, 0.1) is 6.61 Å². The summed E-state index contributed by atoms with van der Waals surface area (Å²) in [7, 11) is -1.56. The fraction of sp³-hybridized carbons (Fsp3) is 0.500. The van der Waals surface area contributed by atoms with Gasteiger partial charge in [-0.25, -0.2) is 4.79 Å². The molecule has 1 aliphatic heterocycles. The van der Waals surface area contributed by atoms with Crippen LogP contribution in [0.15, 0.2) is 30.3 Å². The molecule has 1 atom stereocenters. The van der Waals surface area contributed by atoms with Gasteiger partial charge in [-0.1, -0.05) is 50.0 Å². The largest absolute Gasteiger partial charge is 0.444 e. The van der Waals surface area contributed by atoms with Gasteiger partial charge in [0.25, 0.3) is 0 Å². The van der Waals surface area contributed by atoms with Crippen LogP contribution < -0.4 is 0 Å². The first-order chi connectivity index (χ1) is 8.98. The van der Waals surface area contributed by atoms with Crippen molar-refractivity contribution in [2.24, 2.45) is 0 Å². The van der Waals surface area contributed by atoms with Gasteiger partial charge >= 0.3 is 6.09 Å². The maximum Gasteiger partial charge on any atom is 0.411 e. The third-order valence-corrected chi connectivity index (χ3v) is 5.03. The third kappa shape index (κ3) is 3.58. The highest BCUT2D eigenvalue weighted by atomic mass is 28.3. The second kappa shape index (κ2) is 5.75. The number of carbonyl (C=O) groups is 1. The maximum absolute atomic E-state index is 12.1. The standard InChI is InChI=1S/C14H21NO3Si/c1-19(2,3)14-15(9-10-17-14)13(16)18-11-12-7-5-4-6-8-12/h4-8,14H,9-11H2,1-3H3. The highest BCUT2D eigenvalue weighted by Gasteiger charge is 2.40. The van der Waals surface area contributed by atoms with Crippen LogP contribution in [-0.4, -0.2) is 38.1 Å². The molecular weight excluding hydrogens is 258 g/mol. The summed E-state index contributed by atoms with van der Waals surface area (Å²) in [6.45, 7) is 8.13. The van der Waals surface area contributed by atoms with E-state index in [-0.39, 0.29) is 11.9 Å². The Labute approximate surface area is 115 Å². The van der Waals surface area contributed by atoms with Crippen molar-refractivity contribution in [1.29, 1.82) is 0 Å². The molecule has 1 aliphatic rings. The average Bonchev–Trinajstić information content (AvgIpc) is 2.86. The number of rotatable bonds is 3. The van der Waals surface area contributed by atoms with Crippen LogP contribution in [0.3, 0.4) is 0 Å². The van der Waals surface area contributed by atoms with Crippen LogP contribution in [0.5, 0.6) is 0 Å². The molecule has 1 aromatic rings. The number of hydrogen-bond acceptors (Lipinski definition) is 3. The summed E-state index contributed by atoms with van der Waals surface area (Å²) in [5.74, 6) is -0.0734. The van der Waals surface area contributed by atoms with Crippen molar-refractivity contribution in [3.63, 3.8) is 0 Å². The smallest absolute Gasteiger partial charge is 0.411 e. The quantitative estimate of drug-likeness (QED) is 0.799. The first kappa shape index (κ1) is 14.1. The Bertz CT molecular complexity index is 430. The zero-order valence-electron chi connectivity index (χ0n) is 11.8. The Balaban J connectivity index is 1.93. The van der Waals surface area contributed by atoms with E-state index in [1.807, 2.05) is 30.3 Å². The molecule has 1 fully saturated rings. The van der Waals surface area contributed by atoms with Crippen molar-refractivity contribution < 1.29 is 14.3 Å². The molecule has 0 aliphatic carbocycles. The molecule has 0 radical (unpaired) electrons. The monoisotopic (exact) mass is 279 g/mol. The topological polar surface area (TPSA) is 38.8 Å². The number of ether oxygens (including phenoxy) is 2. The van der Waals surface area contributed by atoms with Gasteiger partial charge in [0, 0.05) is 6.54 Å². The van der Waals surface area contributed by atoms with Gasteiger partial charge in [-0.05, 0) is 5.56 Å². The van der Waals surface area contributed by atoms with Gasteiger partial charge in [-0.2, -0.15) is 0 Å². The van der Waals surface area contributed by atoms with Crippen LogP contribution in [0.2, 0.25) is 19.6 Å². The Kier molecular flexibility index (Phi) is 4.26. The number of amides is 1. The van der Waals surface area contributed by atoms with Crippen LogP contribution in [-0.2, 0) is 16.1 Å². The molecule has 0 saturated carbocycles. The van der Waals surface area contributed by atoms with Gasteiger partial charge < -0.3 is 9.47 Å². The van der Waals surface area contributed by atoms with E-state index >= 15 is 0 Å². The number of nitrogens with zero attached hydrogens (tertiary/aromatic N) is 1. The molecule has 19 heavy (non-hydrogen) atoms. The predicted molar refractivity (Wildman–Crippen MR) is 76.4 cm³/mol. The van der Waals surface area contributed by atoms with Crippen molar-refractivity contribution in [3.8, 4) is 0 Å². The van der Waals surface area contributed by atoms with Crippen LogP contribution in [0.25, 0.3) is 0 Å². The highest BCUT2D eigenvalue weighted by molar-refractivity contribution is 6.77. The van der Waals surface area contributed by atoms with E-state index in [9.17, 15) is 4.79 Å². The normalized spacial score (nSPS) is 19.5. The molecule has 2 rings (SSSR count). The van der Waals surface area contributed by atoms with E-state index < -0.39 is 8.07 Å². The number of carbonyl (C=O) groups excluding carboxylic acids is 1. The van der Waals surface area contributed by atoms with Gasteiger partial charge in [0.2, 0.25) is 0 Å². The molecule has 1 unspecified atom stereocenters. The summed E-state index contributed by atoms with van der Waals surface area (Å²) in [6, 6.07) is 9.72. The van der Waals surface area contributed by atoms with E-state index in [4.69, 9.17) is 9.47 Å². The molecular formula is C14H21NO3Si. The minimum absolute atomic E-state index is 0.0734. The van der Waals surface area contributed by atoms with Crippen LogP contribution >= 0.6 is 0 Å². The molecule has 4 nitrogen and oxygen atoms in total. The molecule has 1 amide bonds. The number of benzene rings is 1. The van der Waals surface area contributed by atoms with E-state index in [2.05, 4.69) is 19.6 Å². The fourth-order valence-electron chi connectivity index (χ4n) is 2.18. The van der Waals surface area contributed by atoms with Crippen LogP contribution in [0.1, 0.15) is 5.56 Å². The highest BCUT2D eigenvalue weighted by Crippen LogP contribution is 2.22. The van der Waals surface area contributed by atoms with Gasteiger partial charge in [0.15, 0.2) is 0 Å². The summed E-state index contributed by atoms with van der Waals surface area (Å²) in [5, 5.41) is 0. The van der Waals surface area contributed by atoms with E-state index in [1.54, 1.807) is 4.90 Å². The summed E-state index contributed by atoms with van der Waals surface area (Å²) in [6.07, 6.45) is -0.270. The lowest BCUT2D eigenvalue weighted by atomic mass is 10.2. The van der Waals surface area contributed by atoms with Gasteiger partial charge in [-0.15, -0.1) is 0 Å². The first-order valence-corrected chi connectivity index (χ1v) is 10.1. The average molecular weight is 279 g/mol. The lowest BCUT2D eigenvalue weighted by molar-refractivity contribution is 0.0593. The molecule has 104 valence electrons. The number of hydrogen-bond donors (Lipinski definition) is 0. The molecule has 1 saturated heterocycles. The fourth-order valence-corrected chi connectivity index (χ4v) is 3.96. The Hall–Kier alpha value is -1.33. The van der Waals surface area contributed by atoms with Crippen molar-refractivity contribution in [2.75, 3.05) is 13.2 Å². The van der Waals surface area contributed by atoms with Crippen molar-refractivity contribution in [2.45, 2.75) is 32.1 Å². The minimum atomic E-state index is -1.56. The molecule has 0 aromatic heterocycles. The van der Waals surface area contributed by atoms with Crippen molar-refractivity contribution >= 4 is 14.2 Å². The lowest BCUT2D eigenvalue weighted by Gasteiger charge is -2.31. The summed E-state index contributed by atoms with van der Waals surface area (Å²) in [4.78, 5) is 13.9. The third-order valence-electron chi connectivity index (χ3n) is 3.07. The maximum atomic E-state index is 12.1. The second-order valence-corrected chi connectivity index (χ2v) is 11.0. The van der Waals surface area contributed by atoms with E-state index in [1.165, 1.54) is 0 Å². The summed E-state index contributed by atoms with van der Waals surface area (Å²) in [5.41, 5.74) is 1.00. The molecule has 0 spiro atoms. The molecule has 0 bridgehead atoms. The predicted octanol–water partition coefficient (Wildman–Crippen LogP) is 2.86. The van der Waals surface area contributed by atoms with E-state index in [0.717, 1.165) is 5.56 Å². The second-order valence-electron chi connectivity index (χ2n) is 5.82. The minimum Gasteiger partial charge on any atom is -0.444 e. The van der Waals surface area contributed by atoms with Crippen LogP contribution in [0, 0.1) is 0 Å². The molecule has 0 N–H and O–H groups in total. The Morgan fingerprint density at radius 3 is 2.68 bits per heavy atom. The van der Waals surface area contributed by atoms with Gasteiger partial charge in [0.1, 0.15) is 20.5 Å². The zero-order valence-corrected chi connectivity index (χ0v) is 12.8. The molecule has 1 heterocycles. The lowest BCUT2D eigenvalue weighted by Crippen LogP contribution is -2.50. The zero-order chi connectivity index (χ0) is 13.9. The van der Waals surface area contributed by atoms with Crippen molar-refractivity contribution in [3.05, 3.63) is 35.9 Å². The molecule has 1 aromatic carbocycles. The molecule has 5 heteroatoms. The van der Waals surface area contributed by atoms with Gasteiger partial charge in [-0.3, -0.25) is 4.90 Å². The first-order valence-electron chi connectivity index (χ1n) is 6.57.